The molecule has 0 aromatic heterocycles. The molecule has 0 aliphatic carbocycles. The topological polar surface area (TPSA) is 52.6 Å². The molecule has 0 bridgehead atoms. The van der Waals surface area contributed by atoms with Crippen LogP contribution in [-0.2, 0) is 19.1 Å². The number of hydrogen-bond acceptors (Lipinski definition) is 4. The van der Waals surface area contributed by atoms with E-state index in [0.717, 1.165) is 0 Å². The second kappa shape index (κ2) is 4.50. The van der Waals surface area contributed by atoms with Crippen LogP contribution in [0.2, 0.25) is 0 Å². The van der Waals surface area contributed by atoms with Crippen LogP contribution in [0, 0.1) is 5.82 Å². The van der Waals surface area contributed by atoms with Crippen molar-refractivity contribution in [3.63, 3.8) is 0 Å². The number of cyclic esters (lactones) is 2. The number of ether oxygens (including phenoxy) is 2. The largest absolute Gasteiger partial charge is 0.419 e. The van der Waals surface area contributed by atoms with Crippen LogP contribution in [0.4, 0.5) is 4.39 Å². The van der Waals surface area contributed by atoms with Crippen molar-refractivity contribution >= 4 is 17.5 Å². The van der Waals surface area contributed by atoms with Crippen LogP contribution < -0.4 is 0 Å². The summed E-state index contributed by atoms with van der Waals surface area (Å²) in [6.45, 7) is 4.54. The maximum atomic E-state index is 12.8. The van der Waals surface area contributed by atoms with Crippen molar-refractivity contribution in [3.8, 4) is 0 Å². The normalized spacial score (nSPS) is 17.8. The predicted molar refractivity (Wildman–Crippen MR) is 65.3 cm³/mol. The highest BCUT2D eigenvalue weighted by molar-refractivity contribution is 6.20. The van der Waals surface area contributed by atoms with Gasteiger partial charge < -0.3 is 9.47 Å². The molecule has 1 heterocycles. The first-order chi connectivity index (χ1) is 8.80. The summed E-state index contributed by atoms with van der Waals surface area (Å²) in [5.74, 6) is -3.12. The smallest absolute Gasteiger partial charge is 0.349 e. The van der Waals surface area contributed by atoms with Gasteiger partial charge in [0.2, 0.25) is 0 Å². The fourth-order valence-corrected chi connectivity index (χ4v) is 1.80. The van der Waals surface area contributed by atoms with Crippen LogP contribution in [0.5, 0.6) is 0 Å². The Hall–Kier alpha value is -2.17. The van der Waals surface area contributed by atoms with E-state index < -0.39 is 23.5 Å². The zero-order chi connectivity index (χ0) is 14.2. The first-order valence-electron chi connectivity index (χ1n) is 5.74. The number of esters is 2. The summed E-state index contributed by atoms with van der Waals surface area (Å²) in [7, 11) is 0. The lowest BCUT2D eigenvalue weighted by Gasteiger charge is -2.30. The summed E-state index contributed by atoms with van der Waals surface area (Å²) in [6.07, 6.45) is 0. The Morgan fingerprint density at radius 1 is 1.05 bits per heavy atom. The summed E-state index contributed by atoms with van der Waals surface area (Å²) in [5.41, 5.74) is 0.793. The highest BCUT2D eigenvalue weighted by atomic mass is 19.1. The molecule has 5 heteroatoms. The van der Waals surface area contributed by atoms with Crippen LogP contribution in [0.15, 0.2) is 29.8 Å². The number of hydrogen-bond donors (Lipinski definition) is 0. The second-order valence-corrected chi connectivity index (χ2v) is 4.69. The number of rotatable bonds is 1. The SMILES string of the molecule is CC(=C1C(=O)OC(C)(C)OC1=O)c1ccc(F)cc1. The lowest BCUT2D eigenvalue weighted by atomic mass is 10.0. The van der Waals surface area contributed by atoms with Crippen molar-refractivity contribution in [2.24, 2.45) is 0 Å². The molecule has 0 amide bonds. The minimum atomic E-state index is -1.26. The Kier molecular flexibility index (Phi) is 3.14. The van der Waals surface area contributed by atoms with Gasteiger partial charge >= 0.3 is 11.9 Å². The van der Waals surface area contributed by atoms with E-state index >= 15 is 0 Å². The lowest BCUT2D eigenvalue weighted by molar-refractivity contribution is -0.222. The number of halogens is 1. The highest BCUT2D eigenvalue weighted by Crippen LogP contribution is 2.28. The standard InChI is InChI=1S/C14H13FO4/c1-8(9-4-6-10(15)7-5-9)11-12(16)18-14(2,3)19-13(11)17/h4-7H,1-3H3. The molecule has 0 atom stereocenters. The minimum absolute atomic E-state index is 0.161. The molecular weight excluding hydrogens is 251 g/mol. The first kappa shape index (κ1) is 13.3. The highest BCUT2D eigenvalue weighted by Gasteiger charge is 2.40. The van der Waals surface area contributed by atoms with Crippen LogP contribution in [0.25, 0.3) is 5.57 Å². The Labute approximate surface area is 109 Å². The third-order valence-electron chi connectivity index (χ3n) is 2.74. The van der Waals surface area contributed by atoms with E-state index in [1.165, 1.54) is 38.1 Å². The van der Waals surface area contributed by atoms with E-state index in [9.17, 15) is 14.0 Å². The van der Waals surface area contributed by atoms with Crippen molar-refractivity contribution < 1.29 is 23.5 Å². The summed E-state index contributed by atoms with van der Waals surface area (Å²) in [6, 6.07) is 5.47. The summed E-state index contributed by atoms with van der Waals surface area (Å²) in [5, 5.41) is 0. The fourth-order valence-electron chi connectivity index (χ4n) is 1.80. The molecule has 0 saturated carbocycles. The van der Waals surface area contributed by atoms with Crippen molar-refractivity contribution in [1.82, 2.24) is 0 Å². The Morgan fingerprint density at radius 2 is 1.53 bits per heavy atom. The van der Waals surface area contributed by atoms with E-state index in [0.29, 0.717) is 11.1 Å². The zero-order valence-corrected chi connectivity index (χ0v) is 10.8. The van der Waals surface area contributed by atoms with E-state index in [1.807, 2.05) is 0 Å². The lowest BCUT2D eigenvalue weighted by Crippen LogP contribution is -2.42. The van der Waals surface area contributed by atoms with Gasteiger partial charge in [-0.3, -0.25) is 0 Å². The van der Waals surface area contributed by atoms with E-state index in [1.54, 1.807) is 6.92 Å². The van der Waals surface area contributed by atoms with Crippen molar-refractivity contribution in [2.75, 3.05) is 0 Å². The molecule has 1 aromatic carbocycles. The fraction of sp³-hybridized carbons (Fsp3) is 0.286. The summed E-state index contributed by atoms with van der Waals surface area (Å²) < 4.78 is 22.9. The van der Waals surface area contributed by atoms with Crippen molar-refractivity contribution in [3.05, 3.63) is 41.2 Å². The number of carbonyl (C=O) groups is 2. The first-order valence-corrected chi connectivity index (χ1v) is 5.74. The van der Waals surface area contributed by atoms with Gasteiger partial charge in [0.05, 0.1) is 0 Å². The second-order valence-electron chi connectivity index (χ2n) is 4.69. The van der Waals surface area contributed by atoms with Crippen molar-refractivity contribution in [2.45, 2.75) is 26.6 Å². The van der Waals surface area contributed by atoms with Gasteiger partial charge in [-0.05, 0) is 30.2 Å². The third-order valence-corrected chi connectivity index (χ3v) is 2.74. The molecule has 1 aromatic rings. The van der Waals surface area contributed by atoms with Crippen LogP contribution in [-0.4, -0.2) is 17.7 Å². The van der Waals surface area contributed by atoms with Crippen LogP contribution in [0.3, 0.4) is 0 Å². The van der Waals surface area contributed by atoms with Gasteiger partial charge in [0, 0.05) is 13.8 Å². The molecule has 4 nitrogen and oxygen atoms in total. The number of benzene rings is 1. The molecule has 100 valence electrons. The van der Waals surface area contributed by atoms with E-state index in [-0.39, 0.29) is 5.57 Å². The average molecular weight is 264 g/mol. The minimum Gasteiger partial charge on any atom is -0.419 e. The molecule has 0 N–H and O–H groups in total. The van der Waals surface area contributed by atoms with E-state index in [4.69, 9.17) is 9.47 Å². The maximum absolute atomic E-state index is 12.8. The van der Waals surface area contributed by atoms with Gasteiger partial charge in [-0.15, -0.1) is 0 Å². The molecule has 0 spiro atoms. The molecule has 2 rings (SSSR count). The quantitative estimate of drug-likeness (QED) is 0.444. The molecule has 0 unspecified atom stereocenters. The van der Waals surface area contributed by atoms with Gasteiger partial charge in [-0.2, -0.15) is 0 Å². The van der Waals surface area contributed by atoms with Crippen LogP contribution in [0.1, 0.15) is 26.3 Å². The zero-order valence-electron chi connectivity index (χ0n) is 10.8. The van der Waals surface area contributed by atoms with Gasteiger partial charge in [-0.1, -0.05) is 12.1 Å². The van der Waals surface area contributed by atoms with Gasteiger partial charge in [0.25, 0.3) is 5.79 Å². The van der Waals surface area contributed by atoms with Crippen LogP contribution >= 0.6 is 0 Å². The molecule has 1 aliphatic rings. The van der Waals surface area contributed by atoms with Gasteiger partial charge in [-0.25, -0.2) is 14.0 Å². The Balaban J connectivity index is 2.43. The number of carbonyl (C=O) groups excluding carboxylic acids is 2. The van der Waals surface area contributed by atoms with Crippen molar-refractivity contribution in [1.29, 1.82) is 0 Å². The maximum Gasteiger partial charge on any atom is 0.349 e. The molecule has 0 radical (unpaired) electrons. The Morgan fingerprint density at radius 3 is 2.00 bits per heavy atom. The molecule has 1 aliphatic heterocycles. The number of allylic oxidation sites excluding steroid dienone is 1. The predicted octanol–water partition coefficient (Wildman–Crippen LogP) is 2.44. The molecular formula is C14H13FO4. The van der Waals surface area contributed by atoms with E-state index in [2.05, 4.69) is 0 Å². The van der Waals surface area contributed by atoms with Gasteiger partial charge in [0.15, 0.2) is 0 Å². The molecule has 19 heavy (non-hydrogen) atoms. The summed E-state index contributed by atoms with van der Waals surface area (Å²) in [4.78, 5) is 23.7. The molecule has 1 saturated heterocycles. The third kappa shape index (κ3) is 2.65. The monoisotopic (exact) mass is 264 g/mol. The summed E-state index contributed by atoms with van der Waals surface area (Å²) >= 11 is 0. The molecule has 1 fully saturated rings. The average Bonchev–Trinajstić information content (AvgIpc) is 2.26. The Bertz CT molecular complexity index is 548. The van der Waals surface area contributed by atoms with Gasteiger partial charge in [0.1, 0.15) is 11.4 Å².